The molecule has 8 heteroatoms. The lowest BCUT2D eigenvalue weighted by Gasteiger charge is -2.18. The number of ether oxygens (including phenoxy) is 2. The number of nitrogens with zero attached hydrogens (tertiary/aromatic N) is 3. The topological polar surface area (TPSA) is 93.8 Å². The molecule has 2 N–H and O–H groups in total. The van der Waals surface area contributed by atoms with Crippen molar-refractivity contribution in [2.24, 2.45) is 4.99 Å². The van der Waals surface area contributed by atoms with E-state index < -0.39 is 0 Å². The molecule has 130 valence electrons. The minimum absolute atomic E-state index is 0.0782. The van der Waals surface area contributed by atoms with E-state index >= 15 is 0 Å². The van der Waals surface area contributed by atoms with Crippen LogP contribution in [0.15, 0.2) is 33.8 Å². The third-order valence-corrected chi connectivity index (χ3v) is 3.15. The molecule has 2 aromatic rings. The van der Waals surface area contributed by atoms with Crippen LogP contribution in [0, 0.1) is 6.92 Å². The maximum Gasteiger partial charge on any atom is 0.246 e. The summed E-state index contributed by atoms with van der Waals surface area (Å²) in [7, 11) is 3.32. The average Bonchev–Trinajstić information content (AvgIpc) is 3.01. The van der Waals surface area contributed by atoms with E-state index in [4.69, 9.17) is 14.0 Å². The molecule has 0 radical (unpaired) electrons. The SMILES string of the molecule is CN=C(NCc1nc(C)no1)NCC(C)Oc1ccccc1OC. The highest BCUT2D eigenvalue weighted by Gasteiger charge is 2.10. The maximum absolute atomic E-state index is 5.89. The Hall–Kier alpha value is -2.77. The van der Waals surface area contributed by atoms with Gasteiger partial charge in [-0.1, -0.05) is 17.3 Å². The Morgan fingerprint density at radius 1 is 1.29 bits per heavy atom. The Morgan fingerprint density at radius 3 is 2.67 bits per heavy atom. The highest BCUT2D eigenvalue weighted by molar-refractivity contribution is 5.79. The van der Waals surface area contributed by atoms with E-state index in [1.807, 2.05) is 31.2 Å². The molecule has 1 atom stereocenters. The van der Waals surface area contributed by atoms with E-state index in [1.54, 1.807) is 21.1 Å². The normalized spacial score (nSPS) is 12.6. The quantitative estimate of drug-likeness (QED) is 0.586. The highest BCUT2D eigenvalue weighted by Crippen LogP contribution is 2.26. The standard InChI is InChI=1S/C16H23N5O3/c1-11(23-14-8-6-5-7-13(14)22-4)9-18-16(17-3)19-10-15-20-12(2)21-24-15/h5-8,11H,9-10H2,1-4H3,(H2,17,18,19). The molecule has 1 heterocycles. The zero-order valence-electron chi connectivity index (χ0n) is 14.4. The second-order valence-electron chi connectivity index (χ2n) is 5.12. The van der Waals surface area contributed by atoms with Gasteiger partial charge in [0.25, 0.3) is 0 Å². The third kappa shape index (κ3) is 5.15. The molecule has 1 unspecified atom stereocenters. The summed E-state index contributed by atoms with van der Waals surface area (Å²) in [6.45, 7) is 4.72. The molecular weight excluding hydrogens is 310 g/mol. The van der Waals surface area contributed by atoms with Crippen molar-refractivity contribution in [3.63, 3.8) is 0 Å². The molecule has 0 saturated carbocycles. The van der Waals surface area contributed by atoms with Gasteiger partial charge < -0.3 is 24.6 Å². The fourth-order valence-corrected chi connectivity index (χ4v) is 2.01. The second-order valence-corrected chi connectivity index (χ2v) is 5.12. The number of hydrogen-bond acceptors (Lipinski definition) is 6. The molecule has 0 aliphatic heterocycles. The summed E-state index contributed by atoms with van der Waals surface area (Å²) in [5.74, 6) is 3.15. The van der Waals surface area contributed by atoms with Crippen molar-refractivity contribution in [3.05, 3.63) is 36.0 Å². The second kappa shape index (κ2) is 8.76. The fraction of sp³-hybridized carbons (Fsp3) is 0.438. The molecule has 2 rings (SSSR count). The Labute approximate surface area is 141 Å². The minimum atomic E-state index is -0.0782. The predicted molar refractivity (Wildman–Crippen MR) is 90.3 cm³/mol. The first-order valence-electron chi connectivity index (χ1n) is 7.65. The minimum Gasteiger partial charge on any atom is -0.493 e. The zero-order valence-corrected chi connectivity index (χ0v) is 14.4. The van der Waals surface area contributed by atoms with Crippen LogP contribution < -0.4 is 20.1 Å². The van der Waals surface area contributed by atoms with Crippen LogP contribution in [0.4, 0.5) is 0 Å². The lowest BCUT2D eigenvalue weighted by molar-refractivity contribution is 0.213. The van der Waals surface area contributed by atoms with Crippen LogP contribution in [-0.2, 0) is 6.54 Å². The summed E-state index contributed by atoms with van der Waals surface area (Å²) in [4.78, 5) is 8.27. The molecule has 0 amide bonds. The smallest absolute Gasteiger partial charge is 0.246 e. The van der Waals surface area contributed by atoms with E-state index in [0.717, 1.165) is 0 Å². The van der Waals surface area contributed by atoms with Gasteiger partial charge in [0, 0.05) is 7.05 Å². The molecule has 0 spiro atoms. The number of aromatic nitrogens is 2. The molecule has 0 bridgehead atoms. The van der Waals surface area contributed by atoms with Crippen molar-refractivity contribution in [2.45, 2.75) is 26.5 Å². The van der Waals surface area contributed by atoms with Crippen molar-refractivity contribution in [1.82, 2.24) is 20.8 Å². The largest absolute Gasteiger partial charge is 0.493 e. The number of aliphatic imine (C=N–C) groups is 1. The van der Waals surface area contributed by atoms with Gasteiger partial charge in [-0.15, -0.1) is 0 Å². The zero-order chi connectivity index (χ0) is 17.4. The molecule has 0 aliphatic carbocycles. The summed E-state index contributed by atoms with van der Waals surface area (Å²) in [6, 6.07) is 7.55. The number of nitrogens with one attached hydrogen (secondary N) is 2. The first-order valence-corrected chi connectivity index (χ1v) is 7.65. The van der Waals surface area contributed by atoms with Crippen LogP contribution in [-0.4, -0.2) is 42.9 Å². The van der Waals surface area contributed by atoms with E-state index in [0.29, 0.717) is 42.3 Å². The van der Waals surface area contributed by atoms with Crippen LogP contribution in [0.5, 0.6) is 11.5 Å². The molecule has 0 fully saturated rings. The van der Waals surface area contributed by atoms with E-state index in [9.17, 15) is 0 Å². The summed E-state index contributed by atoms with van der Waals surface area (Å²) in [6.07, 6.45) is -0.0782. The van der Waals surface area contributed by atoms with Crippen LogP contribution >= 0.6 is 0 Å². The van der Waals surface area contributed by atoms with Gasteiger partial charge in [-0.25, -0.2) is 0 Å². The molecule has 24 heavy (non-hydrogen) atoms. The fourth-order valence-electron chi connectivity index (χ4n) is 2.01. The first kappa shape index (κ1) is 17.6. The predicted octanol–water partition coefficient (Wildman–Crippen LogP) is 1.52. The molecule has 1 aromatic heterocycles. The van der Waals surface area contributed by atoms with Crippen molar-refractivity contribution in [3.8, 4) is 11.5 Å². The number of para-hydroxylation sites is 2. The van der Waals surface area contributed by atoms with E-state index in [-0.39, 0.29) is 6.10 Å². The third-order valence-electron chi connectivity index (χ3n) is 3.15. The van der Waals surface area contributed by atoms with E-state index in [2.05, 4.69) is 25.8 Å². The summed E-state index contributed by atoms with van der Waals surface area (Å²) < 4.78 is 16.2. The van der Waals surface area contributed by atoms with Crippen molar-refractivity contribution >= 4 is 5.96 Å². The van der Waals surface area contributed by atoms with Gasteiger partial charge in [-0.3, -0.25) is 4.99 Å². The summed E-state index contributed by atoms with van der Waals surface area (Å²) in [5.41, 5.74) is 0. The van der Waals surface area contributed by atoms with Gasteiger partial charge in [-0.05, 0) is 26.0 Å². The molecule has 1 aromatic carbocycles. The Bertz CT molecular complexity index is 671. The number of rotatable bonds is 7. The lowest BCUT2D eigenvalue weighted by atomic mass is 10.3. The molecule has 0 saturated heterocycles. The van der Waals surface area contributed by atoms with Gasteiger partial charge in [0.05, 0.1) is 20.2 Å². The number of aryl methyl sites for hydroxylation is 1. The Morgan fingerprint density at radius 2 is 2.04 bits per heavy atom. The van der Waals surface area contributed by atoms with Crippen molar-refractivity contribution in [2.75, 3.05) is 20.7 Å². The van der Waals surface area contributed by atoms with Crippen LogP contribution in [0.1, 0.15) is 18.6 Å². The van der Waals surface area contributed by atoms with Crippen LogP contribution in [0.3, 0.4) is 0 Å². The highest BCUT2D eigenvalue weighted by atomic mass is 16.5. The summed E-state index contributed by atoms with van der Waals surface area (Å²) >= 11 is 0. The average molecular weight is 333 g/mol. The van der Waals surface area contributed by atoms with Crippen LogP contribution in [0.2, 0.25) is 0 Å². The number of benzene rings is 1. The van der Waals surface area contributed by atoms with Gasteiger partial charge in [-0.2, -0.15) is 4.98 Å². The van der Waals surface area contributed by atoms with E-state index in [1.165, 1.54) is 0 Å². The molecule has 8 nitrogen and oxygen atoms in total. The number of methoxy groups -OCH3 is 1. The van der Waals surface area contributed by atoms with Crippen molar-refractivity contribution < 1.29 is 14.0 Å². The monoisotopic (exact) mass is 333 g/mol. The number of guanidine groups is 1. The van der Waals surface area contributed by atoms with Gasteiger partial charge in [0.2, 0.25) is 5.89 Å². The summed E-state index contributed by atoms with van der Waals surface area (Å²) in [5, 5.41) is 10.0. The Balaban J connectivity index is 1.79. The van der Waals surface area contributed by atoms with Gasteiger partial charge in [0.15, 0.2) is 23.3 Å². The maximum atomic E-state index is 5.89. The first-order chi connectivity index (χ1) is 11.6. The molecular formula is C16H23N5O3. The molecule has 0 aliphatic rings. The number of hydrogen-bond donors (Lipinski definition) is 2. The lowest BCUT2D eigenvalue weighted by Crippen LogP contribution is -2.41. The Kier molecular flexibility index (Phi) is 6.41. The van der Waals surface area contributed by atoms with Crippen LogP contribution in [0.25, 0.3) is 0 Å². The van der Waals surface area contributed by atoms with Crippen molar-refractivity contribution in [1.29, 1.82) is 0 Å². The van der Waals surface area contributed by atoms with Gasteiger partial charge in [0.1, 0.15) is 6.10 Å². The van der Waals surface area contributed by atoms with Gasteiger partial charge >= 0.3 is 0 Å².